The lowest BCUT2D eigenvalue weighted by molar-refractivity contribution is 0.0465. The summed E-state index contributed by atoms with van der Waals surface area (Å²) in [6.07, 6.45) is 0. The normalized spacial score (nSPS) is 10.8. The number of nitrogens with zero attached hydrogens (tertiary/aromatic N) is 2. The molecule has 0 amide bonds. The predicted molar refractivity (Wildman–Crippen MR) is 80.5 cm³/mol. The number of hydrogen-bond donors (Lipinski definition) is 0. The third kappa shape index (κ3) is 2.88. The maximum atomic E-state index is 12.0. The van der Waals surface area contributed by atoms with Gasteiger partial charge in [-0.2, -0.15) is 0 Å². The summed E-state index contributed by atoms with van der Waals surface area (Å²) in [6.45, 7) is 3.75. The highest BCUT2D eigenvalue weighted by molar-refractivity contribution is 7.20. The van der Waals surface area contributed by atoms with E-state index in [0.29, 0.717) is 11.5 Å². The fraction of sp³-hybridized carbons (Fsp3) is 0.214. The van der Waals surface area contributed by atoms with Gasteiger partial charge < -0.3 is 9.26 Å². The summed E-state index contributed by atoms with van der Waals surface area (Å²) >= 11 is 3.02. The Labute approximate surface area is 129 Å². The minimum atomic E-state index is -0.436. The Hall–Kier alpha value is -1.99. The lowest BCUT2D eigenvalue weighted by Gasteiger charge is -2.01. The molecule has 0 unspecified atom stereocenters. The van der Waals surface area contributed by atoms with Crippen molar-refractivity contribution in [2.45, 2.75) is 20.5 Å². The van der Waals surface area contributed by atoms with Crippen LogP contribution in [0.3, 0.4) is 0 Å². The van der Waals surface area contributed by atoms with Crippen LogP contribution in [0.4, 0.5) is 0 Å². The minimum absolute atomic E-state index is 0.145. The number of thiophene rings is 1. The lowest BCUT2D eigenvalue weighted by Crippen LogP contribution is -2.06. The molecule has 7 heteroatoms. The summed E-state index contributed by atoms with van der Waals surface area (Å²) in [5.74, 6) is 0.229. The van der Waals surface area contributed by atoms with Gasteiger partial charge in [-0.25, -0.2) is 9.78 Å². The largest absolute Gasteiger partial charge is 0.456 e. The molecular formula is C14H12N2O3S2. The molecule has 0 aromatic carbocycles. The number of hydrogen-bond acceptors (Lipinski definition) is 7. The van der Waals surface area contributed by atoms with E-state index in [0.717, 1.165) is 21.1 Å². The molecule has 3 heterocycles. The maximum Gasteiger partial charge on any atom is 0.358 e. The van der Waals surface area contributed by atoms with Gasteiger partial charge in [0.25, 0.3) is 0 Å². The molecule has 0 saturated carbocycles. The first-order chi connectivity index (χ1) is 10.1. The lowest BCUT2D eigenvalue weighted by atomic mass is 10.2. The summed E-state index contributed by atoms with van der Waals surface area (Å²) in [7, 11) is 0. The molecular weight excluding hydrogens is 308 g/mol. The summed E-state index contributed by atoms with van der Waals surface area (Å²) < 4.78 is 10.3. The van der Waals surface area contributed by atoms with Crippen molar-refractivity contribution in [3.63, 3.8) is 0 Å². The maximum absolute atomic E-state index is 12.0. The van der Waals surface area contributed by atoms with Gasteiger partial charge in [-0.1, -0.05) is 11.2 Å². The highest BCUT2D eigenvalue weighted by atomic mass is 32.1. The van der Waals surface area contributed by atoms with E-state index in [1.165, 1.54) is 11.3 Å². The molecule has 0 radical (unpaired) electrons. The molecule has 5 nitrogen and oxygen atoms in total. The number of carbonyl (C=O) groups excluding carboxylic acids is 1. The van der Waals surface area contributed by atoms with E-state index in [1.807, 2.05) is 24.4 Å². The summed E-state index contributed by atoms with van der Waals surface area (Å²) in [4.78, 5) is 17.4. The Morgan fingerprint density at radius 3 is 2.90 bits per heavy atom. The smallest absolute Gasteiger partial charge is 0.358 e. The zero-order chi connectivity index (χ0) is 14.8. The van der Waals surface area contributed by atoms with Gasteiger partial charge in [0.1, 0.15) is 17.4 Å². The Morgan fingerprint density at radius 2 is 2.24 bits per heavy atom. The van der Waals surface area contributed by atoms with Crippen molar-refractivity contribution in [3.8, 4) is 9.88 Å². The molecule has 0 N–H and O–H groups in total. The number of thiazole rings is 1. The van der Waals surface area contributed by atoms with Crippen LogP contribution in [-0.4, -0.2) is 16.1 Å². The van der Waals surface area contributed by atoms with E-state index in [-0.39, 0.29) is 6.61 Å². The highest BCUT2D eigenvalue weighted by Gasteiger charge is 2.16. The number of ether oxygens (including phenoxy) is 1. The molecule has 0 atom stereocenters. The van der Waals surface area contributed by atoms with Crippen LogP contribution in [0, 0.1) is 13.8 Å². The molecule has 0 saturated heterocycles. The summed E-state index contributed by atoms with van der Waals surface area (Å²) in [5.41, 5.74) is 1.87. The third-order valence-corrected chi connectivity index (χ3v) is 4.86. The van der Waals surface area contributed by atoms with E-state index >= 15 is 0 Å². The van der Waals surface area contributed by atoms with Crippen molar-refractivity contribution in [2.24, 2.45) is 0 Å². The number of esters is 1. The molecule has 0 aliphatic carbocycles. The van der Waals surface area contributed by atoms with Crippen LogP contribution in [-0.2, 0) is 11.3 Å². The first-order valence-corrected chi connectivity index (χ1v) is 7.99. The number of aryl methyl sites for hydroxylation is 2. The topological polar surface area (TPSA) is 65.2 Å². The number of aromatic nitrogens is 2. The predicted octanol–water partition coefficient (Wildman–Crippen LogP) is 3.83. The second-order valence-corrected chi connectivity index (χ2v) is 6.20. The Bertz CT molecular complexity index is 740. The molecule has 0 aliphatic rings. The van der Waals surface area contributed by atoms with Crippen molar-refractivity contribution in [2.75, 3.05) is 0 Å². The molecule has 21 heavy (non-hydrogen) atoms. The van der Waals surface area contributed by atoms with Crippen LogP contribution in [0.2, 0.25) is 0 Å². The standard InChI is InChI=1S/C14H12N2O3S2/c1-8-10(9(2)19-16-8)6-18-14(17)11-7-21-13(15-11)12-4-3-5-20-12/h3-5,7H,6H2,1-2H3. The monoisotopic (exact) mass is 320 g/mol. The Balaban J connectivity index is 1.69. The zero-order valence-electron chi connectivity index (χ0n) is 11.5. The van der Waals surface area contributed by atoms with Gasteiger partial charge >= 0.3 is 5.97 Å². The van der Waals surface area contributed by atoms with Crippen LogP contribution < -0.4 is 0 Å². The zero-order valence-corrected chi connectivity index (χ0v) is 13.1. The average molecular weight is 320 g/mol. The molecule has 0 bridgehead atoms. The van der Waals surface area contributed by atoms with Crippen LogP contribution in [0.1, 0.15) is 27.5 Å². The highest BCUT2D eigenvalue weighted by Crippen LogP contribution is 2.28. The molecule has 108 valence electrons. The molecule has 0 aliphatic heterocycles. The van der Waals surface area contributed by atoms with E-state index in [4.69, 9.17) is 9.26 Å². The van der Waals surface area contributed by atoms with Crippen LogP contribution in [0.15, 0.2) is 27.4 Å². The summed E-state index contributed by atoms with van der Waals surface area (Å²) in [5, 5.41) is 8.35. The van der Waals surface area contributed by atoms with Gasteiger partial charge in [0, 0.05) is 5.38 Å². The molecule has 3 aromatic heterocycles. The van der Waals surface area contributed by atoms with Gasteiger partial charge in [0.05, 0.1) is 16.1 Å². The first-order valence-electron chi connectivity index (χ1n) is 6.23. The van der Waals surface area contributed by atoms with E-state index in [2.05, 4.69) is 10.1 Å². The van der Waals surface area contributed by atoms with Gasteiger partial charge in [0.2, 0.25) is 0 Å². The Morgan fingerprint density at radius 1 is 1.38 bits per heavy atom. The third-order valence-electron chi connectivity index (χ3n) is 2.97. The van der Waals surface area contributed by atoms with Crippen LogP contribution in [0.5, 0.6) is 0 Å². The van der Waals surface area contributed by atoms with E-state index in [1.54, 1.807) is 23.6 Å². The van der Waals surface area contributed by atoms with Crippen molar-refractivity contribution in [1.29, 1.82) is 0 Å². The van der Waals surface area contributed by atoms with E-state index in [9.17, 15) is 4.79 Å². The minimum Gasteiger partial charge on any atom is -0.456 e. The van der Waals surface area contributed by atoms with Crippen LogP contribution in [0.25, 0.3) is 9.88 Å². The van der Waals surface area contributed by atoms with Gasteiger partial charge in [-0.3, -0.25) is 0 Å². The van der Waals surface area contributed by atoms with Crippen molar-refractivity contribution in [3.05, 3.63) is 45.6 Å². The molecule has 0 fully saturated rings. The quantitative estimate of drug-likeness (QED) is 0.683. The fourth-order valence-corrected chi connectivity index (χ4v) is 3.40. The van der Waals surface area contributed by atoms with Crippen molar-refractivity contribution in [1.82, 2.24) is 10.1 Å². The summed E-state index contributed by atoms with van der Waals surface area (Å²) in [6, 6.07) is 3.93. The van der Waals surface area contributed by atoms with Crippen molar-refractivity contribution < 1.29 is 14.1 Å². The van der Waals surface area contributed by atoms with E-state index < -0.39 is 5.97 Å². The number of rotatable bonds is 4. The second-order valence-electron chi connectivity index (χ2n) is 4.39. The SMILES string of the molecule is Cc1noc(C)c1COC(=O)c1csc(-c2cccs2)n1. The number of carbonyl (C=O) groups is 1. The van der Waals surface area contributed by atoms with Crippen molar-refractivity contribution >= 4 is 28.6 Å². The second kappa shape index (κ2) is 5.79. The molecule has 3 aromatic rings. The molecule has 3 rings (SSSR count). The first kappa shape index (κ1) is 14.0. The molecule has 0 spiro atoms. The fourth-order valence-electron chi connectivity index (χ4n) is 1.80. The Kier molecular flexibility index (Phi) is 3.85. The average Bonchev–Trinajstić information content (AvgIpc) is 3.18. The van der Waals surface area contributed by atoms with Crippen LogP contribution >= 0.6 is 22.7 Å². The van der Waals surface area contributed by atoms with Gasteiger partial charge in [-0.15, -0.1) is 22.7 Å². The van der Waals surface area contributed by atoms with Gasteiger partial charge in [0.15, 0.2) is 5.69 Å². The van der Waals surface area contributed by atoms with Gasteiger partial charge in [-0.05, 0) is 25.3 Å².